The highest BCUT2D eigenvalue weighted by Crippen LogP contribution is 2.47. The Morgan fingerprint density at radius 3 is 1.62 bits per heavy atom. The molecule has 0 unspecified atom stereocenters. The smallest absolute Gasteiger partial charge is 0.420 e. The molecule has 0 radical (unpaired) electrons. The fourth-order valence-corrected chi connectivity index (χ4v) is 2.93. The van der Waals surface area contributed by atoms with Crippen LogP contribution in [0, 0.1) is 27.7 Å². The Bertz CT molecular complexity index is 879. The summed E-state index contributed by atoms with van der Waals surface area (Å²) in [6, 6.07) is 1.84. The second kappa shape index (κ2) is 6.10. The SMILES string of the molecule is Cc1cc(-c2cc(C(F)(F)F)c(O)c(C)c2C)c(C)c(C(F)(F)F)c1O. The average Bonchev–Trinajstić information content (AvgIpc) is 2.47. The predicted molar refractivity (Wildman–Crippen MR) is 84.2 cm³/mol. The van der Waals surface area contributed by atoms with Crippen LogP contribution in [0.2, 0.25) is 0 Å². The van der Waals surface area contributed by atoms with Gasteiger partial charge in [0.05, 0.1) is 5.56 Å². The van der Waals surface area contributed by atoms with Gasteiger partial charge in [0.1, 0.15) is 17.1 Å². The molecule has 2 N–H and O–H groups in total. The van der Waals surface area contributed by atoms with Crippen LogP contribution in [0.1, 0.15) is 33.4 Å². The van der Waals surface area contributed by atoms with Gasteiger partial charge < -0.3 is 10.2 Å². The Kier molecular flexibility index (Phi) is 4.68. The summed E-state index contributed by atoms with van der Waals surface area (Å²) in [5.74, 6) is -1.91. The van der Waals surface area contributed by atoms with Crippen molar-refractivity contribution in [1.29, 1.82) is 0 Å². The number of hydrogen-bond donors (Lipinski definition) is 2. The van der Waals surface area contributed by atoms with Crippen molar-refractivity contribution >= 4 is 0 Å². The molecular weight excluding hydrogens is 362 g/mol. The molecule has 0 saturated carbocycles. The fraction of sp³-hybridized carbons (Fsp3) is 0.333. The fourth-order valence-electron chi connectivity index (χ4n) is 2.93. The lowest BCUT2D eigenvalue weighted by molar-refractivity contribution is -0.140. The summed E-state index contributed by atoms with van der Waals surface area (Å²) in [6.07, 6.45) is -9.74. The molecule has 26 heavy (non-hydrogen) atoms. The van der Waals surface area contributed by atoms with Crippen LogP contribution in [0.3, 0.4) is 0 Å². The average molecular weight is 378 g/mol. The molecule has 2 nitrogen and oxygen atoms in total. The summed E-state index contributed by atoms with van der Waals surface area (Å²) < 4.78 is 79.5. The molecule has 2 aromatic carbocycles. The summed E-state index contributed by atoms with van der Waals surface area (Å²) in [5.41, 5.74) is -3.14. The molecule has 8 heteroatoms. The van der Waals surface area contributed by atoms with E-state index < -0.39 is 35.0 Å². The zero-order valence-corrected chi connectivity index (χ0v) is 14.3. The lowest BCUT2D eigenvalue weighted by atomic mass is 9.87. The van der Waals surface area contributed by atoms with Gasteiger partial charge in [0.2, 0.25) is 0 Å². The molecule has 0 heterocycles. The van der Waals surface area contributed by atoms with Crippen molar-refractivity contribution in [1.82, 2.24) is 0 Å². The van der Waals surface area contributed by atoms with Crippen molar-refractivity contribution in [2.45, 2.75) is 40.0 Å². The van der Waals surface area contributed by atoms with Gasteiger partial charge in [-0.3, -0.25) is 0 Å². The van der Waals surface area contributed by atoms with Crippen LogP contribution in [-0.4, -0.2) is 10.2 Å². The number of aromatic hydroxyl groups is 2. The van der Waals surface area contributed by atoms with Crippen LogP contribution in [0.4, 0.5) is 26.3 Å². The molecule has 0 aliphatic carbocycles. The first-order valence-electron chi connectivity index (χ1n) is 7.49. The van der Waals surface area contributed by atoms with Crippen molar-refractivity contribution in [2.24, 2.45) is 0 Å². The zero-order valence-electron chi connectivity index (χ0n) is 14.3. The van der Waals surface area contributed by atoms with Gasteiger partial charge in [-0.25, -0.2) is 0 Å². The van der Waals surface area contributed by atoms with Crippen LogP contribution in [0.25, 0.3) is 11.1 Å². The lowest BCUT2D eigenvalue weighted by Crippen LogP contribution is -2.11. The van der Waals surface area contributed by atoms with Crippen LogP contribution >= 0.6 is 0 Å². The third kappa shape index (κ3) is 3.20. The minimum absolute atomic E-state index is 0.0755. The Labute approximate surface area is 145 Å². The first kappa shape index (κ1) is 19.9. The molecule has 142 valence electrons. The summed E-state index contributed by atoms with van der Waals surface area (Å²) in [4.78, 5) is 0. The van der Waals surface area contributed by atoms with Crippen molar-refractivity contribution in [2.75, 3.05) is 0 Å². The first-order valence-corrected chi connectivity index (χ1v) is 7.49. The number of phenolic OH excluding ortho intramolecular Hbond substituents is 2. The summed E-state index contributed by atoms with van der Waals surface area (Å²) in [7, 11) is 0. The van der Waals surface area contributed by atoms with E-state index in [0.29, 0.717) is 6.07 Å². The molecule has 0 aliphatic rings. The van der Waals surface area contributed by atoms with E-state index in [1.54, 1.807) is 0 Å². The van der Waals surface area contributed by atoms with Crippen molar-refractivity contribution in [3.8, 4) is 22.6 Å². The maximum Gasteiger partial charge on any atom is 0.420 e. The van der Waals surface area contributed by atoms with Gasteiger partial charge >= 0.3 is 12.4 Å². The van der Waals surface area contributed by atoms with Crippen LogP contribution in [0.15, 0.2) is 12.1 Å². The molecule has 0 fully saturated rings. The maximum absolute atomic E-state index is 13.3. The van der Waals surface area contributed by atoms with E-state index in [2.05, 4.69) is 0 Å². The van der Waals surface area contributed by atoms with Gasteiger partial charge in [-0.1, -0.05) is 0 Å². The standard InChI is InChI=1S/C18H16F6O2/c1-7-5-11(10(4)14(15(7)25)18(22,23)24)12-6-13(17(19,20)21)16(26)9(3)8(12)2/h5-6,25-26H,1-4H3. The highest BCUT2D eigenvalue weighted by Gasteiger charge is 2.39. The van der Waals surface area contributed by atoms with E-state index in [1.807, 2.05) is 0 Å². The van der Waals surface area contributed by atoms with Crippen molar-refractivity contribution in [3.63, 3.8) is 0 Å². The van der Waals surface area contributed by atoms with Gasteiger partial charge in [0.15, 0.2) is 0 Å². The van der Waals surface area contributed by atoms with E-state index >= 15 is 0 Å². The monoisotopic (exact) mass is 378 g/mol. The second-order valence-corrected chi connectivity index (χ2v) is 6.16. The quantitative estimate of drug-likeness (QED) is 0.595. The third-order valence-electron chi connectivity index (χ3n) is 4.49. The summed E-state index contributed by atoms with van der Waals surface area (Å²) in [6.45, 7) is 5.00. The third-order valence-corrected chi connectivity index (χ3v) is 4.49. The predicted octanol–water partition coefficient (Wildman–Crippen LogP) is 6.04. The largest absolute Gasteiger partial charge is 0.507 e. The second-order valence-electron chi connectivity index (χ2n) is 6.16. The van der Waals surface area contributed by atoms with E-state index in [-0.39, 0.29) is 33.4 Å². The highest BCUT2D eigenvalue weighted by atomic mass is 19.4. The molecule has 2 rings (SSSR count). The number of hydrogen-bond acceptors (Lipinski definition) is 2. The number of benzene rings is 2. The molecule has 0 bridgehead atoms. The van der Waals surface area contributed by atoms with Crippen LogP contribution in [-0.2, 0) is 12.4 Å². The minimum Gasteiger partial charge on any atom is -0.507 e. The number of rotatable bonds is 1. The molecule has 0 amide bonds. The number of alkyl halides is 6. The van der Waals surface area contributed by atoms with Gasteiger partial charge in [-0.05, 0) is 73.2 Å². The zero-order chi connectivity index (χ0) is 20.2. The van der Waals surface area contributed by atoms with Crippen molar-refractivity contribution < 1.29 is 36.6 Å². The van der Waals surface area contributed by atoms with E-state index in [9.17, 15) is 36.6 Å². The Balaban J connectivity index is 2.94. The number of aryl methyl sites for hydroxylation is 1. The van der Waals surface area contributed by atoms with Crippen molar-refractivity contribution in [3.05, 3.63) is 45.5 Å². The Morgan fingerprint density at radius 2 is 1.15 bits per heavy atom. The molecule has 2 aromatic rings. The number of halogens is 6. The van der Waals surface area contributed by atoms with Gasteiger partial charge in [-0.15, -0.1) is 0 Å². The number of phenols is 2. The van der Waals surface area contributed by atoms with E-state index in [4.69, 9.17) is 0 Å². The molecule has 0 saturated heterocycles. The highest BCUT2D eigenvalue weighted by molar-refractivity contribution is 5.77. The molecular formula is C18H16F6O2. The Hall–Kier alpha value is -2.38. The maximum atomic E-state index is 13.3. The normalized spacial score (nSPS) is 12.5. The summed E-state index contributed by atoms with van der Waals surface area (Å²) in [5, 5.41) is 19.6. The molecule has 0 atom stereocenters. The van der Waals surface area contributed by atoms with Gasteiger partial charge in [0, 0.05) is 0 Å². The topological polar surface area (TPSA) is 40.5 Å². The van der Waals surface area contributed by atoms with Crippen LogP contribution in [0.5, 0.6) is 11.5 Å². The molecule has 0 aliphatic heterocycles. The first-order chi connectivity index (χ1) is 11.7. The van der Waals surface area contributed by atoms with Gasteiger partial charge in [0.25, 0.3) is 0 Å². The molecule has 0 aromatic heterocycles. The summed E-state index contributed by atoms with van der Waals surface area (Å²) >= 11 is 0. The molecule has 0 spiro atoms. The van der Waals surface area contributed by atoms with Crippen LogP contribution < -0.4 is 0 Å². The van der Waals surface area contributed by atoms with Gasteiger partial charge in [-0.2, -0.15) is 26.3 Å². The minimum atomic E-state index is -4.87. The Morgan fingerprint density at radius 1 is 0.654 bits per heavy atom. The van der Waals surface area contributed by atoms with E-state index in [1.165, 1.54) is 26.8 Å². The lowest BCUT2D eigenvalue weighted by Gasteiger charge is -2.21. The van der Waals surface area contributed by atoms with E-state index in [0.717, 1.165) is 6.92 Å².